The number of likely N-dealkylation sites (tertiary alicyclic amines) is 1. The minimum atomic E-state index is 0.142. The number of rotatable bonds is 5. The fourth-order valence-corrected chi connectivity index (χ4v) is 4.39. The molecule has 4 rings (SSSR count). The molecule has 1 atom stereocenters. The SMILES string of the molecule is CC(=O)N1CCOC(CN2CCC(N(c3cc(C)ncn3)C3CC3)CC2)C1. The maximum atomic E-state index is 11.6. The lowest BCUT2D eigenvalue weighted by Crippen LogP contribution is -2.52. The van der Waals surface area contributed by atoms with Crippen molar-refractivity contribution in [2.75, 3.05) is 44.2 Å². The van der Waals surface area contributed by atoms with Crippen molar-refractivity contribution in [3.63, 3.8) is 0 Å². The van der Waals surface area contributed by atoms with Gasteiger partial charge >= 0.3 is 0 Å². The second kappa shape index (κ2) is 8.10. The number of ether oxygens (including phenoxy) is 1. The van der Waals surface area contributed by atoms with E-state index < -0.39 is 0 Å². The highest BCUT2D eigenvalue weighted by molar-refractivity contribution is 5.73. The van der Waals surface area contributed by atoms with Crippen LogP contribution in [0, 0.1) is 6.92 Å². The van der Waals surface area contributed by atoms with Gasteiger partial charge in [-0.2, -0.15) is 0 Å². The Labute approximate surface area is 161 Å². The number of nitrogens with zero attached hydrogens (tertiary/aromatic N) is 5. The number of carbonyl (C=O) groups excluding carboxylic acids is 1. The molecule has 2 aliphatic heterocycles. The molecule has 148 valence electrons. The van der Waals surface area contributed by atoms with E-state index in [1.54, 1.807) is 13.3 Å². The van der Waals surface area contributed by atoms with Crippen molar-refractivity contribution in [3.8, 4) is 0 Å². The molecular weight excluding hydrogens is 342 g/mol. The largest absolute Gasteiger partial charge is 0.373 e. The van der Waals surface area contributed by atoms with E-state index in [4.69, 9.17) is 4.74 Å². The van der Waals surface area contributed by atoms with Crippen LogP contribution in [0.15, 0.2) is 12.4 Å². The van der Waals surface area contributed by atoms with Crippen molar-refractivity contribution < 1.29 is 9.53 Å². The van der Waals surface area contributed by atoms with Gasteiger partial charge in [-0.25, -0.2) is 9.97 Å². The van der Waals surface area contributed by atoms with Gasteiger partial charge in [-0.3, -0.25) is 4.79 Å². The van der Waals surface area contributed by atoms with E-state index in [1.165, 1.54) is 12.8 Å². The zero-order valence-electron chi connectivity index (χ0n) is 16.5. The summed E-state index contributed by atoms with van der Waals surface area (Å²) < 4.78 is 5.90. The van der Waals surface area contributed by atoms with Crippen LogP contribution in [0.2, 0.25) is 0 Å². The third-order valence-corrected chi connectivity index (χ3v) is 5.99. The molecule has 7 nitrogen and oxygen atoms in total. The molecule has 3 fully saturated rings. The summed E-state index contributed by atoms with van der Waals surface area (Å²) in [6.07, 6.45) is 6.70. The average Bonchev–Trinajstić information content (AvgIpc) is 3.49. The maximum Gasteiger partial charge on any atom is 0.219 e. The molecule has 1 aliphatic carbocycles. The van der Waals surface area contributed by atoms with Gasteiger partial charge in [0.2, 0.25) is 5.91 Å². The fraction of sp³-hybridized carbons (Fsp3) is 0.750. The monoisotopic (exact) mass is 373 g/mol. The van der Waals surface area contributed by atoms with Crippen LogP contribution >= 0.6 is 0 Å². The van der Waals surface area contributed by atoms with Gasteiger partial charge < -0.3 is 19.4 Å². The van der Waals surface area contributed by atoms with E-state index in [9.17, 15) is 4.79 Å². The maximum absolute atomic E-state index is 11.6. The summed E-state index contributed by atoms with van der Waals surface area (Å²) in [6.45, 7) is 8.88. The number of aryl methyl sites for hydroxylation is 1. The Morgan fingerprint density at radius 2 is 1.93 bits per heavy atom. The van der Waals surface area contributed by atoms with Crippen LogP contribution in [0.25, 0.3) is 0 Å². The van der Waals surface area contributed by atoms with E-state index in [0.717, 1.165) is 57.1 Å². The first-order chi connectivity index (χ1) is 13.1. The topological polar surface area (TPSA) is 61.8 Å². The normalized spacial score (nSPS) is 24.8. The van der Waals surface area contributed by atoms with Gasteiger partial charge in [0.15, 0.2) is 0 Å². The molecule has 3 heterocycles. The Morgan fingerprint density at radius 3 is 2.59 bits per heavy atom. The molecule has 1 unspecified atom stereocenters. The van der Waals surface area contributed by atoms with Crippen LogP contribution in [0.1, 0.15) is 38.3 Å². The average molecular weight is 374 g/mol. The van der Waals surface area contributed by atoms with Crippen molar-refractivity contribution in [3.05, 3.63) is 18.1 Å². The van der Waals surface area contributed by atoms with E-state index in [2.05, 4.69) is 25.8 Å². The fourth-order valence-electron chi connectivity index (χ4n) is 4.39. The molecule has 1 aromatic heterocycles. The molecule has 7 heteroatoms. The number of morpholine rings is 1. The predicted octanol–water partition coefficient (Wildman–Crippen LogP) is 1.47. The third-order valence-electron chi connectivity index (χ3n) is 5.99. The van der Waals surface area contributed by atoms with Crippen molar-refractivity contribution in [2.24, 2.45) is 0 Å². The number of aromatic nitrogens is 2. The molecule has 0 spiro atoms. The van der Waals surface area contributed by atoms with Gasteiger partial charge in [0.25, 0.3) is 0 Å². The summed E-state index contributed by atoms with van der Waals surface area (Å²) in [5.41, 5.74) is 1.03. The summed E-state index contributed by atoms with van der Waals surface area (Å²) >= 11 is 0. The van der Waals surface area contributed by atoms with Crippen molar-refractivity contribution >= 4 is 11.7 Å². The van der Waals surface area contributed by atoms with Gasteiger partial charge in [0.1, 0.15) is 12.1 Å². The number of anilines is 1. The summed E-state index contributed by atoms with van der Waals surface area (Å²) in [7, 11) is 0. The molecule has 2 saturated heterocycles. The first-order valence-electron chi connectivity index (χ1n) is 10.3. The number of amides is 1. The number of hydrogen-bond acceptors (Lipinski definition) is 6. The molecule has 0 bridgehead atoms. The predicted molar refractivity (Wildman–Crippen MR) is 104 cm³/mol. The number of carbonyl (C=O) groups is 1. The van der Waals surface area contributed by atoms with Crippen LogP contribution < -0.4 is 4.90 Å². The highest BCUT2D eigenvalue weighted by atomic mass is 16.5. The lowest BCUT2D eigenvalue weighted by atomic mass is 10.0. The molecule has 1 aromatic rings. The lowest BCUT2D eigenvalue weighted by Gasteiger charge is -2.41. The summed E-state index contributed by atoms with van der Waals surface area (Å²) in [4.78, 5) is 27.4. The van der Waals surface area contributed by atoms with Crippen LogP contribution in [-0.4, -0.2) is 83.2 Å². The molecule has 0 radical (unpaired) electrons. The highest BCUT2D eigenvalue weighted by Gasteiger charge is 2.37. The minimum absolute atomic E-state index is 0.142. The molecule has 3 aliphatic rings. The van der Waals surface area contributed by atoms with E-state index in [0.29, 0.717) is 18.7 Å². The van der Waals surface area contributed by atoms with E-state index in [1.807, 2.05) is 11.8 Å². The van der Waals surface area contributed by atoms with Crippen LogP contribution in [0.5, 0.6) is 0 Å². The van der Waals surface area contributed by atoms with E-state index >= 15 is 0 Å². The minimum Gasteiger partial charge on any atom is -0.373 e. The zero-order chi connectivity index (χ0) is 18.8. The molecule has 0 N–H and O–H groups in total. The Balaban J connectivity index is 1.32. The lowest BCUT2D eigenvalue weighted by molar-refractivity contribution is -0.137. The third kappa shape index (κ3) is 4.58. The Morgan fingerprint density at radius 1 is 1.19 bits per heavy atom. The number of hydrogen-bond donors (Lipinski definition) is 0. The molecule has 1 amide bonds. The summed E-state index contributed by atoms with van der Waals surface area (Å²) in [5.74, 6) is 1.25. The first kappa shape index (κ1) is 18.6. The van der Waals surface area contributed by atoms with Crippen molar-refractivity contribution in [1.82, 2.24) is 19.8 Å². The van der Waals surface area contributed by atoms with Crippen LogP contribution in [-0.2, 0) is 9.53 Å². The second-order valence-electron chi connectivity index (χ2n) is 8.15. The van der Waals surface area contributed by atoms with Crippen LogP contribution in [0.3, 0.4) is 0 Å². The van der Waals surface area contributed by atoms with E-state index in [-0.39, 0.29) is 12.0 Å². The summed E-state index contributed by atoms with van der Waals surface area (Å²) in [5, 5.41) is 0. The Kier molecular flexibility index (Phi) is 5.59. The van der Waals surface area contributed by atoms with Gasteiger partial charge in [-0.05, 0) is 32.6 Å². The highest BCUT2D eigenvalue weighted by Crippen LogP contribution is 2.35. The van der Waals surface area contributed by atoms with Gasteiger partial charge in [0.05, 0.1) is 12.7 Å². The first-order valence-corrected chi connectivity index (χ1v) is 10.3. The van der Waals surface area contributed by atoms with Crippen molar-refractivity contribution in [1.29, 1.82) is 0 Å². The smallest absolute Gasteiger partial charge is 0.219 e. The molecule has 0 aromatic carbocycles. The summed E-state index contributed by atoms with van der Waals surface area (Å²) in [6, 6.07) is 3.34. The van der Waals surface area contributed by atoms with Gasteiger partial charge in [0, 0.05) is 63.5 Å². The van der Waals surface area contributed by atoms with Gasteiger partial charge in [-0.1, -0.05) is 0 Å². The molecular formula is C20H31N5O2. The molecule has 1 saturated carbocycles. The quantitative estimate of drug-likeness (QED) is 0.779. The molecule has 27 heavy (non-hydrogen) atoms. The van der Waals surface area contributed by atoms with Gasteiger partial charge in [-0.15, -0.1) is 0 Å². The van der Waals surface area contributed by atoms with Crippen molar-refractivity contribution in [2.45, 2.75) is 57.7 Å². The second-order valence-corrected chi connectivity index (χ2v) is 8.15. The Hall–Kier alpha value is -1.73. The number of piperidine rings is 1. The standard InChI is InChI=1S/C20H31N5O2/c1-15-11-20(22-14-21-15)25(17-3-4-17)18-5-7-23(8-6-18)12-19-13-24(16(2)26)9-10-27-19/h11,14,17-19H,3-10,12-13H2,1-2H3. The Bertz CT molecular complexity index is 658. The van der Waals surface area contributed by atoms with Crippen LogP contribution in [0.4, 0.5) is 5.82 Å². The zero-order valence-corrected chi connectivity index (χ0v) is 16.5.